The van der Waals surface area contributed by atoms with Crippen molar-refractivity contribution < 1.29 is 4.79 Å². The first-order valence-electron chi connectivity index (χ1n) is 6.79. The molecule has 1 saturated carbocycles. The molecule has 0 aromatic heterocycles. The summed E-state index contributed by atoms with van der Waals surface area (Å²) in [5.41, 5.74) is 0.0731. The van der Waals surface area contributed by atoms with Crippen LogP contribution in [0.25, 0.3) is 0 Å². The second-order valence-electron chi connectivity index (χ2n) is 5.69. The molecule has 2 unspecified atom stereocenters. The van der Waals surface area contributed by atoms with Crippen molar-refractivity contribution in [2.24, 2.45) is 5.92 Å². The van der Waals surface area contributed by atoms with Crippen molar-refractivity contribution in [2.75, 3.05) is 5.88 Å². The highest BCUT2D eigenvalue weighted by molar-refractivity contribution is 6.35. The summed E-state index contributed by atoms with van der Waals surface area (Å²) in [6.07, 6.45) is 4.08. The van der Waals surface area contributed by atoms with E-state index in [2.05, 4.69) is 12.2 Å². The van der Waals surface area contributed by atoms with Gasteiger partial charge < -0.3 is 5.32 Å². The molecule has 0 bridgehead atoms. The van der Waals surface area contributed by atoms with E-state index in [4.69, 9.17) is 34.8 Å². The average Bonchev–Trinajstić information content (AvgIpc) is 2.41. The zero-order chi connectivity index (χ0) is 14.8. The number of benzene rings is 1. The molecule has 1 N–H and O–H groups in total. The zero-order valence-electron chi connectivity index (χ0n) is 11.4. The van der Waals surface area contributed by atoms with Gasteiger partial charge in [-0.1, -0.05) is 43.0 Å². The standard InChI is InChI=1S/C15H18Cl3NO/c1-10-3-2-6-15(8-10,9-16)19-14(20)12-7-11(17)4-5-13(12)18/h4-5,7,10H,2-3,6,8-9H2,1H3,(H,19,20). The van der Waals surface area contributed by atoms with Gasteiger partial charge in [-0.25, -0.2) is 0 Å². The van der Waals surface area contributed by atoms with Crippen LogP contribution in [0.4, 0.5) is 0 Å². The van der Waals surface area contributed by atoms with Crippen LogP contribution in [0.15, 0.2) is 18.2 Å². The highest BCUT2D eigenvalue weighted by Gasteiger charge is 2.36. The van der Waals surface area contributed by atoms with Crippen LogP contribution in [-0.4, -0.2) is 17.3 Å². The van der Waals surface area contributed by atoms with Crippen LogP contribution in [0.3, 0.4) is 0 Å². The number of rotatable bonds is 3. The predicted octanol–water partition coefficient (Wildman–Crippen LogP) is 4.91. The minimum absolute atomic E-state index is 0.202. The molecule has 0 spiro atoms. The van der Waals surface area contributed by atoms with Gasteiger partial charge in [-0.2, -0.15) is 0 Å². The van der Waals surface area contributed by atoms with Crippen LogP contribution in [0.5, 0.6) is 0 Å². The molecule has 20 heavy (non-hydrogen) atoms. The van der Waals surface area contributed by atoms with E-state index in [0.29, 0.717) is 27.4 Å². The van der Waals surface area contributed by atoms with E-state index in [1.165, 1.54) is 6.42 Å². The summed E-state index contributed by atoms with van der Waals surface area (Å²) in [5.74, 6) is 0.784. The van der Waals surface area contributed by atoms with Crippen molar-refractivity contribution in [3.05, 3.63) is 33.8 Å². The molecule has 0 saturated heterocycles. The number of hydrogen-bond acceptors (Lipinski definition) is 1. The van der Waals surface area contributed by atoms with E-state index < -0.39 is 0 Å². The molecule has 2 rings (SSSR count). The highest BCUT2D eigenvalue weighted by Crippen LogP contribution is 2.34. The van der Waals surface area contributed by atoms with Crippen molar-refractivity contribution >= 4 is 40.7 Å². The van der Waals surface area contributed by atoms with Gasteiger partial charge in [-0.3, -0.25) is 4.79 Å². The third-order valence-electron chi connectivity index (χ3n) is 3.90. The maximum Gasteiger partial charge on any atom is 0.253 e. The fourth-order valence-corrected chi connectivity index (χ4v) is 3.59. The van der Waals surface area contributed by atoms with Crippen molar-refractivity contribution in [3.8, 4) is 0 Å². The normalized spacial score (nSPS) is 26.3. The molecular weight excluding hydrogens is 317 g/mol. The van der Waals surface area contributed by atoms with Crippen molar-refractivity contribution in [2.45, 2.75) is 38.1 Å². The molecule has 5 heteroatoms. The molecule has 1 aromatic rings. The minimum Gasteiger partial charge on any atom is -0.345 e. The van der Waals surface area contributed by atoms with Gasteiger partial charge in [0, 0.05) is 10.9 Å². The largest absolute Gasteiger partial charge is 0.345 e. The summed E-state index contributed by atoms with van der Waals surface area (Å²) >= 11 is 18.1. The molecule has 1 fully saturated rings. The molecule has 2 atom stereocenters. The summed E-state index contributed by atoms with van der Waals surface area (Å²) in [6.45, 7) is 2.19. The summed E-state index contributed by atoms with van der Waals surface area (Å²) in [5, 5.41) is 3.98. The molecular formula is C15H18Cl3NO. The van der Waals surface area contributed by atoms with Crippen molar-refractivity contribution in [3.63, 3.8) is 0 Å². The van der Waals surface area contributed by atoms with Gasteiger partial charge in [-0.05, 0) is 37.0 Å². The number of carbonyl (C=O) groups excluding carboxylic acids is 1. The molecule has 110 valence electrons. The molecule has 2 nitrogen and oxygen atoms in total. The van der Waals surface area contributed by atoms with Gasteiger partial charge in [0.1, 0.15) is 0 Å². The third-order valence-corrected chi connectivity index (χ3v) is 4.98. The quantitative estimate of drug-likeness (QED) is 0.782. The maximum absolute atomic E-state index is 12.4. The lowest BCUT2D eigenvalue weighted by Gasteiger charge is -2.39. The molecule has 0 radical (unpaired) electrons. The zero-order valence-corrected chi connectivity index (χ0v) is 13.7. The highest BCUT2D eigenvalue weighted by atomic mass is 35.5. The lowest BCUT2D eigenvalue weighted by Crippen LogP contribution is -2.52. The summed E-state index contributed by atoms with van der Waals surface area (Å²) in [4.78, 5) is 12.4. The average molecular weight is 335 g/mol. The first-order valence-corrected chi connectivity index (χ1v) is 8.08. The molecule has 1 amide bonds. The van der Waals surface area contributed by atoms with Crippen LogP contribution in [0.2, 0.25) is 10.0 Å². The van der Waals surface area contributed by atoms with E-state index in [-0.39, 0.29) is 11.4 Å². The SMILES string of the molecule is CC1CCCC(CCl)(NC(=O)c2cc(Cl)ccc2Cl)C1. The molecule has 1 aliphatic carbocycles. The minimum atomic E-state index is -0.331. The fraction of sp³-hybridized carbons (Fsp3) is 0.533. The van der Waals surface area contributed by atoms with E-state index in [9.17, 15) is 4.79 Å². The second kappa shape index (κ2) is 6.55. The van der Waals surface area contributed by atoms with Gasteiger partial charge in [0.15, 0.2) is 0 Å². The van der Waals surface area contributed by atoms with Crippen molar-refractivity contribution in [1.82, 2.24) is 5.32 Å². The van der Waals surface area contributed by atoms with Gasteiger partial charge >= 0.3 is 0 Å². The first kappa shape index (κ1) is 15.9. The maximum atomic E-state index is 12.4. The monoisotopic (exact) mass is 333 g/mol. The van der Waals surface area contributed by atoms with Gasteiger partial charge in [0.25, 0.3) is 5.91 Å². The smallest absolute Gasteiger partial charge is 0.253 e. The Labute approximate surface area is 134 Å². The van der Waals surface area contributed by atoms with Crippen LogP contribution in [0.1, 0.15) is 43.0 Å². The Bertz CT molecular complexity index is 506. The van der Waals surface area contributed by atoms with Crippen LogP contribution >= 0.6 is 34.8 Å². The van der Waals surface area contributed by atoms with Crippen LogP contribution in [0, 0.1) is 5.92 Å². The molecule has 0 aliphatic heterocycles. The number of amides is 1. The Morgan fingerprint density at radius 2 is 2.20 bits per heavy atom. The number of halogens is 3. The van der Waals surface area contributed by atoms with Crippen molar-refractivity contribution in [1.29, 1.82) is 0 Å². The summed E-state index contributed by atoms with van der Waals surface area (Å²) < 4.78 is 0. The molecule has 0 heterocycles. The van der Waals surface area contributed by atoms with E-state index in [1.54, 1.807) is 18.2 Å². The Hall–Kier alpha value is -0.440. The van der Waals surface area contributed by atoms with Crippen LogP contribution in [-0.2, 0) is 0 Å². The summed E-state index contributed by atoms with van der Waals surface area (Å²) in [7, 11) is 0. The van der Waals surface area contributed by atoms with Gasteiger partial charge in [-0.15, -0.1) is 11.6 Å². The number of nitrogens with one attached hydrogen (secondary N) is 1. The van der Waals surface area contributed by atoms with Gasteiger partial charge in [0.2, 0.25) is 0 Å². The lowest BCUT2D eigenvalue weighted by atomic mass is 9.77. The van der Waals surface area contributed by atoms with Gasteiger partial charge in [0.05, 0.1) is 16.1 Å². The third kappa shape index (κ3) is 3.60. The Balaban J connectivity index is 2.19. The predicted molar refractivity (Wildman–Crippen MR) is 85.0 cm³/mol. The molecule has 1 aliphatic rings. The number of hydrogen-bond donors (Lipinski definition) is 1. The topological polar surface area (TPSA) is 29.1 Å². The van der Waals surface area contributed by atoms with E-state index in [1.807, 2.05) is 0 Å². The number of alkyl halides is 1. The second-order valence-corrected chi connectivity index (χ2v) is 6.80. The van der Waals surface area contributed by atoms with Crippen LogP contribution < -0.4 is 5.32 Å². The number of carbonyl (C=O) groups is 1. The fourth-order valence-electron chi connectivity index (χ4n) is 2.91. The van der Waals surface area contributed by atoms with E-state index in [0.717, 1.165) is 19.3 Å². The Kier molecular flexibility index (Phi) is 5.22. The molecule has 1 aromatic carbocycles. The van der Waals surface area contributed by atoms with E-state index >= 15 is 0 Å². The Morgan fingerprint density at radius 3 is 2.85 bits per heavy atom. The lowest BCUT2D eigenvalue weighted by molar-refractivity contribution is 0.0867. The Morgan fingerprint density at radius 1 is 1.45 bits per heavy atom. The first-order chi connectivity index (χ1) is 9.46. The summed E-state index contributed by atoms with van der Waals surface area (Å²) in [6, 6.07) is 4.89.